The van der Waals surface area contributed by atoms with Crippen molar-refractivity contribution in [1.82, 2.24) is 0 Å². The number of hydrogen-bond donors (Lipinski definition) is 0. The molecule has 0 amide bonds. The lowest BCUT2D eigenvalue weighted by Gasteiger charge is -2.07. The minimum atomic E-state index is -0.503. The fourth-order valence-electron chi connectivity index (χ4n) is 2.50. The molecule has 3 rings (SSSR count). The zero-order valence-corrected chi connectivity index (χ0v) is 13.9. The van der Waals surface area contributed by atoms with Gasteiger partial charge in [-0.1, -0.05) is 60.7 Å². The van der Waals surface area contributed by atoms with E-state index in [-0.39, 0.29) is 12.4 Å². The average molecular weight is 341 g/mol. The number of ketones is 1. The largest absolute Gasteiger partial charge is 0.457 e. The smallest absolute Gasteiger partial charge is 0.338 e. The molecular weight excluding hydrogens is 326 g/mol. The molecule has 0 aliphatic carbocycles. The van der Waals surface area contributed by atoms with E-state index < -0.39 is 5.97 Å². The first-order valence-electron chi connectivity index (χ1n) is 8.04. The Balaban J connectivity index is 1.68. The molecule has 0 radical (unpaired) electrons. The van der Waals surface area contributed by atoms with E-state index in [0.717, 1.165) is 0 Å². The number of nitriles is 1. The highest BCUT2D eigenvalue weighted by Crippen LogP contribution is 2.14. The van der Waals surface area contributed by atoms with Crippen LogP contribution in [0.3, 0.4) is 0 Å². The van der Waals surface area contributed by atoms with Gasteiger partial charge in [0.15, 0.2) is 5.78 Å². The average Bonchev–Trinajstić information content (AvgIpc) is 2.72. The molecule has 0 saturated carbocycles. The minimum Gasteiger partial charge on any atom is -0.457 e. The Labute approximate surface area is 151 Å². The van der Waals surface area contributed by atoms with Crippen LogP contribution >= 0.6 is 0 Å². The van der Waals surface area contributed by atoms with Crippen LogP contribution in [0.25, 0.3) is 0 Å². The van der Waals surface area contributed by atoms with E-state index in [2.05, 4.69) is 6.07 Å². The first-order valence-corrected chi connectivity index (χ1v) is 8.04. The van der Waals surface area contributed by atoms with Gasteiger partial charge < -0.3 is 4.74 Å². The molecular formula is C22H15NO3. The predicted molar refractivity (Wildman–Crippen MR) is 96.6 cm³/mol. The Hall–Kier alpha value is -3.71. The molecule has 3 aromatic rings. The van der Waals surface area contributed by atoms with E-state index >= 15 is 0 Å². The monoisotopic (exact) mass is 341 g/mol. The summed E-state index contributed by atoms with van der Waals surface area (Å²) in [6, 6.07) is 24.3. The Morgan fingerprint density at radius 1 is 0.769 bits per heavy atom. The lowest BCUT2D eigenvalue weighted by atomic mass is 10.0. The third-order valence-electron chi connectivity index (χ3n) is 3.92. The maximum Gasteiger partial charge on any atom is 0.338 e. The van der Waals surface area contributed by atoms with Crippen LogP contribution in [0.15, 0.2) is 78.9 Å². The number of ether oxygens (including phenoxy) is 1. The molecule has 4 nitrogen and oxygen atoms in total. The molecule has 126 valence electrons. The lowest BCUT2D eigenvalue weighted by molar-refractivity contribution is 0.0472. The van der Waals surface area contributed by atoms with E-state index in [0.29, 0.717) is 27.8 Å². The van der Waals surface area contributed by atoms with E-state index in [9.17, 15) is 9.59 Å². The molecule has 4 heteroatoms. The van der Waals surface area contributed by atoms with E-state index in [4.69, 9.17) is 10.00 Å². The van der Waals surface area contributed by atoms with Gasteiger partial charge in [-0.3, -0.25) is 4.79 Å². The molecule has 0 fully saturated rings. The summed E-state index contributed by atoms with van der Waals surface area (Å²) in [6.07, 6.45) is 0. The second-order valence-electron chi connectivity index (χ2n) is 5.62. The highest BCUT2D eigenvalue weighted by molar-refractivity contribution is 6.09. The normalized spacial score (nSPS) is 9.96. The van der Waals surface area contributed by atoms with Crippen molar-refractivity contribution in [3.05, 3.63) is 107 Å². The molecule has 0 N–H and O–H groups in total. The maximum absolute atomic E-state index is 12.4. The first kappa shape index (κ1) is 17.1. The molecule has 0 aliphatic heterocycles. The minimum absolute atomic E-state index is 0.0211. The molecule has 0 aliphatic rings. The Bertz CT molecular complexity index is 970. The Morgan fingerprint density at radius 2 is 1.35 bits per heavy atom. The van der Waals surface area contributed by atoms with Gasteiger partial charge in [-0.05, 0) is 18.2 Å². The van der Waals surface area contributed by atoms with Gasteiger partial charge in [-0.2, -0.15) is 5.26 Å². The van der Waals surface area contributed by atoms with Crippen LogP contribution < -0.4 is 0 Å². The molecule has 0 unspecified atom stereocenters. The number of carbonyl (C=O) groups is 2. The summed E-state index contributed by atoms with van der Waals surface area (Å²) in [4.78, 5) is 24.5. The summed E-state index contributed by atoms with van der Waals surface area (Å²) >= 11 is 0. The van der Waals surface area contributed by atoms with Gasteiger partial charge in [0, 0.05) is 16.7 Å². The van der Waals surface area contributed by atoms with Crippen molar-refractivity contribution < 1.29 is 14.3 Å². The van der Waals surface area contributed by atoms with Crippen molar-refractivity contribution in [2.75, 3.05) is 0 Å². The quantitative estimate of drug-likeness (QED) is 0.516. The number of esters is 1. The van der Waals surface area contributed by atoms with Gasteiger partial charge in [0.1, 0.15) is 6.61 Å². The van der Waals surface area contributed by atoms with Crippen LogP contribution in [-0.2, 0) is 11.3 Å². The summed E-state index contributed by atoms with van der Waals surface area (Å²) < 4.78 is 5.27. The molecule has 0 bridgehead atoms. The molecule has 26 heavy (non-hydrogen) atoms. The molecule has 0 aromatic heterocycles. The van der Waals surface area contributed by atoms with Crippen molar-refractivity contribution in [3.63, 3.8) is 0 Å². The second-order valence-corrected chi connectivity index (χ2v) is 5.62. The predicted octanol–water partition coefficient (Wildman–Crippen LogP) is 4.15. The first-order chi connectivity index (χ1) is 12.7. The molecule has 0 spiro atoms. The fourth-order valence-corrected chi connectivity index (χ4v) is 2.50. The van der Waals surface area contributed by atoms with Crippen LogP contribution in [0.2, 0.25) is 0 Å². The van der Waals surface area contributed by atoms with Crippen LogP contribution in [-0.4, -0.2) is 11.8 Å². The van der Waals surface area contributed by atoms with Crippen molar-refractivity contribution >= 4 is 11.8 Å². The molecule has 0 saturated heterocycles. The van der Waals surface area contributed by atoms with Crippen LogP contribution in [0.1, 0.15) is 37.4 Å². The van der Waals surface area contributed by atoms with Gasteiger partial charge in [0.25, 0.3) is 0 Å². The fraction of sp³-hybridized carbons (Fsp3) is 0.0455. The summed E-state index contributed by atoms with van der Waals surface area (Å²) in [7, 11) is 0. The number of hydrogen-bond acceptors (Lipinski definition) is 4. The third kappa shape index (κ3) is 3.85. The van der Waals surface area contributed by atoms with Crippen molar-refractivity contribution in [2.24, 2.45) is 0 Å². The third-order valence-corrected chi connectivity index (χ3v) is 3.92. The zero-order valence-electron chi connectivity index (χ0n) is 13.9. The zero-order chi connectivity index (χ0) is 18.4. The molecule has 0 heterocycles. The van der Waals surface area contributed by atoms with Gasteiger partial charge in [-0.25, -0.2) is 4.79 Å². The summed E-state index contributed by atoms with van der Waals surface area (Å²) in [5.41, 5.74) is 2.57. The van der Waals surface area contributed by atoms with Crippen LogP contribution in [0, 0.1) is 11.3 Å². The van der Waals surface area contributed by atoms with Gasteiger partial charge in [0.2, 0.25) is 0 Å². The van der Waals surface area contributed by atoms with Crippen molar-refractivity contribution in [2.45, 2.75) is 6.61 Å². The number of benzene rings is 3. The van der Waals surface area contributed by atoms with E-state index in [1.54, 1.807) is 72.8 Å². The van der Waals surface area contributed by atoms with Gasteiger partial charge >= 0.3 is 5.97 Å². The van der Waals surface area contributed by atoms with Crippen molar-refractivity contribution in [3.8, 4) is 6.07 Å². The highest BCUT2D eigenvalue weighted by atomic mass is 16.5. The summed E-state index contributed by atoms with van der Waals surface area (Å²) in [5.74, 6) is -0.607. The summed E-state index contributed by atoms with van der Waals surface area (Å²) in [5, 5.41) is 9.05. The number of nitrogens with zero attached hydrogens (tertiary/aromatic N) is 1. The SMILES string of the molecule is N#Cc1ccccc1COC(=O)c1ccc(C(=O)c2ccccc2)cc1. The Morgan fingerprint density at radius 3 is 2.04 bits per heavy atom. The maximum atomic E-state index is 12.4. The van der Waals surface area contributed by atoms with Crippen molar-refractivity contribution in [1.29, 1.82) is 5.26 Å². The molecule has 3 aromatic carbocycles. The van der Waals surface area contributed by atoms with Gasteiger partial charge in [0.05, 0.1) is 17.2 Å². The standard InChI is InChI=1S/C22H15NO3/c23-14-19-8-4-5-9-20(19)15-26-22(25)18-12-10-17(11-13-18)21(24)16-6-2-1-3-7-16/h1-13H,15H2. The van der Waals surface area contributed by atoms with Gasteiger partial charge in [-0.15, -0.1) is 0 Å². The second kappa shape index (κ2) is 7.91. The topological polar surface area (TPSA) is 67.2 Å². The number of rotatable bonds is 5. The summed E-state index contributed by atoms with van der Waals surface area (Å²) in [6.45, 7) is 0.0211. The lowest BCUT2D eigenvalue weighted by Crippen LogP contribution is -2.07. The molecule has 0 atom stereocenters. The van der Waals surface area contributed by atoms with Crippen LogP contribution in [0.4, 0.5) is 0 Å². The van der Waals surface area contributed by atoms with Crippen LogP contribution in [0.5, 0.6) is 0 Å². The van der Waals surface area contributed by atoms with E-state index in [1.807, 2.05) is 6.07 Å². The Kier molecular flexibility index (Phi) is 5.21. The number of carbonyl (C=O) groups excluding carboxylic acids is 2. The highest BCUT2D eigenvalue weighted by Gasteiger charge is 2.12. The van der Waals surface area contributed by atoms with E-state index in [1.165, 1.54) is 0 Å².